The van der Waals surface area contributed by atoms with Crippen molar-refractivity contribution in [3.63, 3.8) is 0 Å². The minimum atomic E-state index is -3.94. The van der Waals surface area contributed by atoms with E-state index in [4.69, 9.17) is 9.47 Å². The molecular weight excluding hydrogens is 482 g/mol. The van der Waals surface area contributed by atoms with Crippen molar-refractivity contribution in [1.82, 2.24) is 9.47 Å². The number of rotatable bonds is 6. The number of carbonyl (C=O) groups is 1. The van der Waals surface area contributed by atoms with Crippen LogP contribution >= 0.6 is 0 Å². The van der Waals surface area contributed by atoms with Crippen LogP contribution in [0.4, 0.5) is 5.69 Å². The zero-order chi connectivity index (χ0) is 25.4. The average Bonchev–Trinajstić information content (AvgIpc) is 2.90. The highest BCUT2D eigenvalue weighted by Crippen LogP contribution is 2.36. The van der Waals surface area contributed by atoms with Crippen LogP contribution in [0.15, 0.2) is 70.4 Å². The van der Waals surface area contributed by atoms with Gasteiger partial charge >= 0.3 is 0 Å². The topological polar surface area (TPSA) is 107 Å². The third-order valence-electron chi connectivity index (χ3n) is 6.84. The number of piperidine rings is 1. The van der Waals surface area contributed by atoms with Crippen LogP contribution in [0.2, 0.25) is 0 Å². The normalized spacial score (nSPS) is 18.8. The number of likely N-dealkylation sites (tertiary alicyclic amines) is 1. The number of methoxy groups -OCH3 is 2. The Balaban J connectivity index is 1.37. The first-order valence-electron chi connectivity index (χ1n) is 11.6. The minimum absolute atomic E-state index is 0.000330. The molecule has 2 atom stereocenters. The number of nitrogens with one attached hydrogen (secondary N) is 1. The van der Waals surface area contributed by atoms with Gasteiger partial charge in [0.15, 0.2) is 0 Å². The Bertz CT molecular complexity index is 1450. The molecule has 9 nitrogen and oxygen atoms in total. The largest absolute Gasteiger partial charge is 0.497 e. The minimum Gasteiger partial charge on any atom is -0.497 e. The van der Waals surface area contributed by atoms with Gasteiger partial charge in [-0.15, -0.1) is 0 Å². The molecular formula is C26H27N3O6S. The number of hydrogen-bond donors (Lipinski definition) is 1. The first kappa shape index (κ1) is 23.9. The number of fused-ring (bicyclic) bond motifs is 4. The summed E-state index contributed by atoms with van der Waals surface area (Å²) in [5.74, 6) is 1.28. The number of amides is 1. The number of carbonyl (C=O) groups excluding carboxylic acids is 1. The molecule has 1 fully saturated rings. The Morgan fingerprint density at radius 3 is 2.17 bits per heavy atom. The maximum Gasteiger partial charge on any atom is 0.275 e. The van der Waals surface area contributed by atoms with E-state index in [1.807, 2.05) is 4.90 Å². The molecule has 10 heteroatoms. The molecule has 2 aliphatic heterocycles. The van der Waals surface area contributed by atoms with E-state index >= 15 is 0 Å². The number of aromatic nitrogens is 1. The SMILES string of the molecule is COc1ccc(C(=O)N2CC3CC(C2)c2ccc(NS(=O)(=O)c4ccc(OC)cc4)c(=O)n2C3)cc1. The molecule has 0 radical (unpaired) electrons. The second kappa shape index (κ2) is 9.34. The van der Waals surface area contributed by atoms with Gasteiger partial charge in [0.1, 0.15) is 17.2 Å². The lowest BCUT2D eigenvalue weighted by Gasteiger charge is -2.43. The lowest BCUT2D eigenvalue weighted by Crippen LogP contribution is -2.49. The summed E-state index contributed by atoms with van der Waals surface area (Å²) in [6.07, 6.45) is 0.878. The molecule has 0 aliphatic carbocycles. The van der Waals surface area contributed by atoms with Gasteiger partial charge in [0.2, 0.25) is 0 Å². The van der Waals surface area contributed by atoms with Crippen molar-refractivity contribution >= 4 is 21.6 Å². The molecule has 1 saturated heterocycles. The highest BCUT2D eigenvalue weighted by atomic mass is 32.2. The standard InChI is InChI=1S/C26H27N3O6S/c1-34-20-5-3-18(4-6-20)25(30)28-14-17-13-19(16-28)24-12-11-23(26(31)29(24)15-17)27-36(32,33)22-9-7-21(35-2)8-10-22/h3-12,17,19,27H,13-16H2,1-2H3. The summed E-state index contributed by atoms with van der Waals surface area (Å²) < 4.78 is 40.1. The molecule has 188 valence electrons. The highest BCUT2D eigenvalue weighted by molar-refractivity contribution is 7.92. The van der Waals surface area contributed by atoms with E-state index in [9.17, 15) is 18.0 Å². The molecule has 0 spiro atoms. The van der Waals surface area contributed by atoms with Crippen LogP contribution in [-0.2, 0) is 16.6 Å². The molecule has 1 N–H and O–H groups in total. The fourth-order valence-electron chi connectivity index (χ4n) is 5.06. The lowest BCUT2D eigenvalue weighted by molar-refractivity contribution is 0.0594. The second-order valence-corrected chi connectivity index (χ2v) is 10.8. The maximum atomic E-state index is 13.3. The van der Waals surface area contributed by atoms with Crippen molar-refractivity contribution in [1.29, 1.82) is 0 Å². The van der Waals surface area contributed by atoms with Gasteiger partial charge in [-0.05, 0) is 73.0 Å². The third-order valence-corrected chi connectivity index (χ3v) is 8.22. The molecule has 2 aliphatic rings. The summed E-state index contributed by atoms with van der Waals surface area (Å²) in [7, 11) is -0.862. The molecule has 0 saturated carbocycles. The van der Waals surface area contributed by atoms with E-state index in [-0.39, 0.29) is 33.9 Å². The van der Waals surface area contributed by atoms with Crippen LogP contribution in [0, 0.1) is 5.92 Å². The van der Waals surface area contributed by atoms with E-state index in [0.29, 0.717) is 36.7 Å². The first-order chi connectivity index (χ1) is 17.3. The van der Waals surface area contributed by atoms with Crippen LogP contribution in [0.1, 0.15) is 28.4 Å². The number of benzene rings is 2. The Morgan fingerprint density at radius 1 is 0.889 bits per heavy atom. The molecule has 5 rings (SSSR count). The molecule has 2 unspecified atom stereocenters. The summed E-state index contributed by atoms with van der Waals surface area (Å²) in [5, 5.41) is 0. The number of sulfonamides is 1. The molecule has 3 heterocycles. The van der Waals surface area contributed by atoms with Crippen molar-refractivity contribution in [2.75, 3.05) is 32.0 Å². The van der Waals surface area contributed by atoms with Gasteiger partial charge in [0.05, 0.1) is 19.1 Å². The van der Waals surface area contributed by atoms with E-state index < -0.39 is 10.0 Å². The van der Waals surface area contributed by atoms with E-state index in [1.54, 1.807) is 54.1 Å². The fraction of sp³-hybridized carbons (Fsp3) is 0.308. The Morgan fingerprint density at radius 2 is 1.53 bits per heavy atom. The van der Waals surface area contributed by atoms with Crippen molar-refractivity contribution in [3.8, 4) is 11.5 Å². The Kier molecular flexibility index (Phi) is 6.21. The quantitative estimate of drug-likeness (QED) is 0.548. The van der Waals surface area contributed by atoms with Crippen LogP contribution in [-0.4, -0.2) is 51.1 Å². The van der Waals surface area contributed by atoms with Gasteiger partial charge in [0, 0.05) is 36.8 Å². The van der Waals surface area contributed by atoms with E-state index in [0.717, 1.165) is 12.1 Å². The van der Waals surface area contributed by atoms with Gasteiger partial charge in [-0.25, -0.2) is 8.42 Å². The van der Waals surface area contributed by atoms with Crippen LogP contribution in [0.5, 0.6) is 11.5 Å². The molecule has 3 aromatic rings. The summed E-state index contributed by atoms with van der Waals surface area (Å²) in [4.78, 5) is 28.3. The second-order valence-electron chi connectivity index (χ2n) is 9.11. The Labute approximate surface area is 209 Å². The number of anilines is 1. The summed E-state index contributed by atoms with van der Waals surface area (Å²) in [6.45, 7) is 1.46. The predicted molar refractivity (Wildman–Crippen MR) is 134 cm³/mol. The number of ether oxygens (including phenoxy) is 2. The summed E-state index contributed by atoms with van der Waals surface area (Å²) >= 11 is 0. The number of nitrogens with zero attached hydrogens (tertiary/aromatic N) is 2. The zero-order valence-corrected chi connectivity index (χ0v) is 20.8. The maximum absolute atomic E-state index is 13.3. The first-order valence-corrected chi connectivity index (χ1v) is 13.1. The van der Waals surface area contributed by atoms with Crippen LogP contribution in [0.3, 0.4) is 0 Å². The molecule has 1 aromatic heterocycles. The average molecular weight is 510 g/mol. The fourth-order valence-corrected chi connectivity index (χ4v) is 6.12. The van der Waals surface area contributed by atoms with Crippen LogP contribution in [0.25, 0.3) is 0 Å². The lowest BCUT2D eigenvalue weighted by atomic mass is 9.83. The third kappa shape index (κ3) is 4.44. The van der Waals surface area contributed by atoms with Crippen molar-refractivity contribution in [3.05, 3.63) is 82.3 Å². The van der Waals surface area contributed by atoms with Crippen molar-refractivity contribution < 1.29 is 22.7 Å². The molecule has 2 aromatic carbocycles. The van der Waals surface area contributed by atoms with E-state index in [2.05, 4.69) is 4.72 Å². The van der Waals surface area contributed by atoms with Crippen molar-refractivity contribution in [2.45, 2.75) is 23.8 Å². The predicted octanol–water partition coefficient (Wildman–Crippen LogP) is 2.93. The summed E-state index contributed by atoms with van der Waals surface area (Å²) in [6, 6.07) is 16.3. The Hall–Kier alpha value is -3.79. The van der Waals surface area contributed by atoms with Crippen LogP contribution < -0.4 is 19.8 Å². The molecule has 1 amide bonds. The van der Waals surface area contributed by atoms with Gasteiger partial charge in [-0.3, -0.25) is 14.3 Å². The van der Waals surface area contributed by atoms with Gasteiger partial charge in [-0.1, -0.05) is 0 Å². The summed E-state index contributed by atoms with van der Waals surface area (Å²) in [5.41, 5.74) is 1.03. The number of hydrogen-bond acceptors (Lipinski definition) is 6. The molecule has 2 bridgehead atoms. The molecule has 36 heavy (non-hydrogen) atoms. The highest BCUT2D eigenvalue weighted by Gasteiger charge is 2.37. The zero-order valence-electron chi connectivity index (χ0n) is 20.0. The smallest absolute Gasteiger partial charge is 0.275 e. The van der Waals surface area contributed by atoms with Gasteiger partial charge in [0.25, 0.3) is 21.5 Å². The van der Waals surface area contributed by atoms with Gasteiger partial charge < -0.3 is 18.9 Å². The monoisotopic (exact) mass is 509 g/mol. The van der Waals surface area contributed by atoms with E-state index in [1.165, 1.54) is 25.3 Å². The number of pyridine rings is 1. The van der Waals surface area contributed by atoms with Crippen molar-refractivity contribution in [2.24, 2.45) is 5.92 Å². The van der Waals surface area contributed by atoms with Gasteiger partial charge in [-0.2, -0.15) is 0 Å².